The third-order valence-corrected chi connectivity index (χ3v) is 3.80. The Bertz CT molecular complexity index is 719. The van der Waals surface area contributed by atoms with E-state index in [1.54, 1.807) is 0 Å². The van der Waals surface area contributed by atoms with Gasteiger partial charge < -0.3 is 0 Å². The fraction of sp³-hybridized carbons (Fsp3) is 0.111. The van der Waals surface area contributed by atoms with Crippen LogP contribution in [0.2, 0.25) is 0 Å². The highest BCUT2D eigenvalue weighted by Crippen LogP contribution is 2.34. The Balaban J connectivity index is 1.76. The summed E-state index contributed by atoms with van der Waals surface area (Å²) in [5.41, 5.74) is 5.80. The molecule has 0 amide bonds. The Morgan fingerprint density at radius 2 is 1.78 bits per heavy atom. The number of hydrogen-bond acceptors (Lipinski definition) is 0. The van der Waals surface area contributed by atoms with E-state index < -0.39 is 0 Å². The van der Waals surface area contributed by atoms with Crippen LogP contribution in [0.15, 0.2) is 66.3 Å². The maximum atomic E-state index is 2.38. The zero-order valence-corrected chi connectivity index (χ0v) is 10.2. The van der Waals surface area contributed by atoms with E-state index in [0.29, 0.717) is 0 Å². The van der Waals surface area contributed by atoms with Gasteiger partial charge >= 0.3 is 0 Å². The molecule has 2 aliphatic rings. The van der Waals surface area contributed by atoms with Gasteiger partial charge in [0.2, 0.25) is 0 Å². The van der Waals surface area contributed by atoms with Crippen LogP contribution in [0, 0.1) is 0 Å². The molecule has 4 rings (SSSR count). The van der Waals surface area contributed by atoms with Crippen molar-refractivity contribution in [1.29, 1.82) is 0 Å². The quantitative estimate of drug-likeness (QED) is 0.703. The predicted molar refractivity (Wildman–Crippen MR) is 77.5 cm³/mol. The van der Waals surface area contributed by atoms with E-state index in [0.717, 1.165) is 12.8 Å². The first kappa shape index (κ1) is 9.90. The highest BCUT2D eigenvalue weighted by Gasteiger charge is 2.14. The topological polar surface area (TPSA) is 0 Å². The summed E-state index contributed by atoms with van der Waals surface area (Å²) in [5, 5.41) is 2.70. The molecule has 0 aliphatic heterocycles. The molecule has 0 atom stereocenters. The first-order chi connectivity index (χ1) is 8.90. The summed E-state index contributed by atoms with van der Waals surface area (Å²) in [6.07, 6.45) is 11.2. The van der Waals surface area contributed by atoms with E-state index >= 15 is 0 Å². The van der Waals surface area contributed by atoms with Crippen molar-refractivity contribution in [2.75, 3.05) is 0 Å². The molecule has 18 heavy (non-hydrogen) atoms. The number of hydrogen-bond donors (Lipinski definition) is 0. The monoisotopic (exact) mass is 230 g/mol. The predicted octanol–water partition coefficient (Wildman–Crippen LogP) is 4.67. The second-order valence-electron chi connectivity index (χ2n) is 5.03. The molecule has 0 heteroatoms. The summed E-state index contributed by atoms with van der Waals surface area (Å²) in [4.78, 5) is 0. The number of rotatable bonds is 2. The van der Waals surface area contributed by atoms with Crippen LogP contribution >= 0.6 is 0 Å². The average Bonchev–Trinajstić information content (AvgIpc) is 3.15. The summed E-state index contributed by atoms with van der Waals surface area (Å²) in [7, 11) is 0. The molecule has 2 aliphatic carbocycles. The van der Waals surface area contributed by atoms with Crippen LogP contribution in [0.5, 0.6) is 0 Å². The van der Waals surface area contributed by atoms with Crippen molar-refractivity contribution in [2.45, 2.75) is 12.8 Å². The molecule has 0 unspecified atom stereocenters. The zero-order chi connectivity index (χ0) is 11.9. The lowest BCUT2D eigenvalue weighted by Crippen LogP contribution is -1.85. The highest BCUT2D eigenvalue weighted by atomic mass is 14.2. The van der Waals surface area contributed by atoms with E-state index in [4.69, 9.17) is 0 Å². The Hall–Kier alpha value is -2.08. The van der Waals surface area contributed by atoms with Gasteiger partial charge in [0, 0.05) is 0 Å². The van der Waals surface area contributed by atoms with Crippen LogP contribution in [-0.4, -0.2) is 0 Å². The second-order valence-corrected chi connectivity index (χ2v) is 5.03. The molecule has 0 N–H and O–H groups in total. The van der Waals surface area contributed by atoms with Gasteiger partial charge in [-0.3, -0.25) is 0 Å². The molecule has 0 radical (unpaired) electrons. The number of fused-ring (bicyclic) bond motifs is 2. The van der Waals surface area contributed by atoms with Gasteiger partial charge in [-0.2, -0.15) is 0 Å². The van der Waals surface area contributed by atoms with E-state index in [9.17, 15) is 0 Å². The number of allylic oxidation sites excluding steroid dienone is 6. The van der Waals surface area contributed by atoms with E-state index in [1.165, 1.54) is 33.0 Å². The van der Waals surface area contributed by atoms with Crippen LogP contribution in [0.25, 0.3) is 16.3 Å². The van der Waals surface area contributed by atoms with Crippen molar-refractivity contribution in [3.63, 3.8) is 0 Å². The van der Waals surface area contributed by atoms with Crippen molar-refractivity contribution in [3.05, 3.63) is 77.4 Å². The minimum atomic E-state index is 1.06. The SMILES string of the molecule is C1=CC1=CCC1=CCc2cc3ccccc3cc21. The Morgan fingerprint density at radius 3 is 2.56 bits per heavy atom. The first-order valence-electron chi connectivity index (χ1n) is 6.49. The molecular formula is C18H14. The van der Waals surface area contributed by atoms with Crippen LogP contribution in [0.3, 0.4) is 0 Å². The Morgan fingerprint density at radius 1 is 1.00 bits per heavy atom. The molecule has 0 saturated heterocycles. The van der Waals surface area contributed by atoms with Crippen LogP contribution in [0.1, 0.15) is 17.5 Å². The smallest absolute Gasteiger partial charge is 0.00850 e. The van der Waals surface area contributed by atoms with Crippen molar-refractivity contribution in [1.82, 2.24) is 0 Å². The van der Waals surface area contributed by atoms with Gasteiger partial charge in [-0.25, -0.2) is 0 Å². The first-order valence-corrected chi connectivity index (χ1v) is 6.49. The van der Waals surface area contributed by atoms with Crippen molar-refractivity contribution >= 4 is 16.3 Å². The fourth-order valence-corrected chi connectivity index (χ4v) is 2.70. The average molecular weight is 230 g/mol. The molecule has 0 nitrogen and oxygen atoms in total. The van der Waals surface area contributed by atoms with Gasteiger partial charge in [0.05, 0.1) is 0 Å². The van der Waals surface area contributed by atoms with E-state index in [-0.39, 0.29) is 0 Å². The van der Waals surface area contributed by atoms with Gasteiger partial charge in [0.25, 0.3) is 0 Å². The third kappa shape index (κ3) is 1.62. The second kappa shape index (κ2) is 3.71. The largest absolute Gasteiger partial charge is 0.0760 e. The van der Waals surface area contributed by atoms with E-state index in [2.05, 4.69) is 60.7 Å². The normalized spacial score (nSPS) is 15.8. The van der Waals surface area contributed by atoms with Crippen molar-refractivity contribution in [2.24, 2.45) is 0 Å². The lowest BCUT2D eigenvalue weighted by molar-refractivity contribution is 1.32. The Labute approximate surface area is 107 Å². The Kier molecular flexibility index (Phi) is 2.04. The van der Waals surface area contributed by atoms with Gasteiger partial charge in [0.15, 0.2) is 0 Å². The van der Waals surface area contributed by atoms with Gasteiger partial charge in [-0.1, -0.05) is 54.6 Å². The highest BCUT2D eigenvalue weighted by molar-refractivity contribution is 5.89. The van der Waals surface area contributed by atoms with Gasteiger partial charge in [-0.05, 0) is 52.0 Å². The molecule has 0 heterocycles. The molecule has 0 saturated carbocycles. The van der Waals surface area contributed by atoms with Crippen molar-refractivity contribution < 1.29 is 0 Å². The lowest BCUT2D eigenvalue weighted by Gasteiger charge is -2.06. The molecule has 2 aromatic carbocycles. The summed E-state index contributed by atoms with van der Waals surface area (Å²) in [6, 6.07) is 13.3. The van der Waals surface area contributed by atoms with Crippen LogP contribution in [-0.2, 0) is 6.42 Å². The zero-order valence-electron chi connectivity index (χ0n) is 10.2. The van der Waals surface area contributed by atoms with Crippen LogP contribution in [0.4, 0.5) is 0 Å². The molecule has 0 bridgehead atoms. The molecule has 0 aromatic heterocycles. The van der Waals surface area contributed by atoms with Crippen molar-refractivity contribution in [3.8, 4) is 0 Å². The fourth-order valence-electron chi connectivity index (χ4n) is 2.70. The maximum absolute atomic E-state index is 2.38. The van der Waals surface area contributed by atoms with Gasteiger partial charge in [0.1, 0.15) is 0 Å². The summed E-state index contributed by atoms with van der Waals surface area (Å²) < 4.78 is 0. The molecule has 0 fully saturated rings. The summed E-state index contributed by atoms with van der Waals surface area (Å²) in [6.45, 7) is 0. The molecule has 86 valence electrons. The van der Waals surface area contributed by atoms with Gasteiger partial charge in [-0.15, -0.1) is 0 Å². The molecule has 2 aromatic rings. The minimum absolute atomic E-state index is 1.06. The maximum Gasteiger partial charge on any atom is -0.00850 e. The summed E-state index contributed by atoms with van der Waals surface area (Å²) in [5.74, 6) is 0. The minimum Gasteiger partial charge on any atom is -0.0760 e. The van der Waals surface area contributed by atoms with Crippen LogP contribution < -0.4 is 0 Å². The third-order valence-electron chi connectivity index (χ3n) is 3.80. The number of benzene rings is 2. The standard InChI is InChI=1S/C18H14/c1-2-4-16-12-18-14(8-7-13-5-6-13)9-10-17(18)11-15(16)3-1/h1-7,9,11-12H,8,10H2. The summed E-state index contributed by atoms with van der Waals surface area (Å²) >= 11 is 0. The lowest BCUT2D eigenvalue weighted by atomic mass is 9.98. The molecule has 0 spiro atoms. The molecular weight excluding hydrogens is 216 g/mol. The van der Waals surface area contributed by atoms with E-state index in [1.807, 2.05) is 0 Å².